The maximum atomic E-state index is 12.6. The smallest absolute Gasteiger partial charge is 0.462 e. The highest BCUT2D eigenvalue weighted by Crippen LogP contribution is 2.43. The third kappa shape index (κ3) is 62.0. The van der Waals surface area contributed by atoms with Crippen LogP contribution in [0, 0.1) is 0 Å². The molecule has 0 aromatic heterocycles. The lowest BCUT2D eigenvalue weighted by Gasteiger charge is -2.19. The summed E-state index contributed by atoms with van der Waals surface area (Å²) >= 11 is 0. The van der Waals surface area contributed by atoms with Crippen molar-refractivity contribution in [2.75, 3.05) is 26.4 Å². The molecule has 0 saturated carbocycles. The second-order valence-corrected chi connectivity index (χ2v) is 22.4. The molecule has 0 amide bonds. The maximum Gasteiger partial charge on any atom is 0.472 e. The van der Waals surface area contributed by atoms with E-state index in [4.69, 9.17) is 24.3 Å². The van der Waals surface area contributed by atoms with Gasteiger partial charge < -0.3 is 20.1 Å². The molecule has 0 aromatic rings. The lowest BCUT2D eigenvalue weighted by Crippen LogP contribution is -2.29. The van der Waals surface area contributed by atoms with E-state index in [0.29, 0.717) is 6.42 Å². The number of carbonyl (C=O) groups excluding carboxylic acids is 2. The Morgan fingerprint density at radius 1 is 0.416 bits per heavy atom. The summed E-state index contributed by atoms with van der Waals surface area (Å²) in [4.78, 5) is 35.0. The van der Waals surface area contributed by atoms with Gasteiger partial charge in [0, 0.05) is 13.0 Å². The summed E-state index contributed by atoms with van der Waals surface area (Å²) in [5, 5.41) is 0. The third-order valence-corrected chi connectivity index (χ3v) is 14.5. The van der Waals surface area contributed by atoms with E-state index < -0.39 is 32.5 Å². The molecule has 0 rings (SSSR count). The highest BCUT2D eigenvalue weighted by atomic mass is 31.2. The Morgan fingerprint density at radius 2 is 0.753 bits per heavy atom. The molecule has 10 heteroatoms. The highest BCUT2D eigenvalue weighted by molar-refractivity contribution is 7.47. The standard InChI is InChI=1S/C67H118NO8P/c1-3-5-7-9-11-13-15-17-19-20-21-22-23-24-25-26-27-28-29-30-31-32-33-34-35-36-37-38-39-40-41-42-43-44-46-47-49-51-53-55-57-59-66(69)73-63-65(64-75-77(71,72)74-62-61-68)76-67(70)60-58-56-54-52-50-48-45-18-16-14-12-10-8-6-4-2/h6,8,12,14-15,17-18,20-21,23-24,45,50,52,56,58,65H,3-5,7,9-11,13,16,19,22,25-44,46-49,51,53-55,57,59-64,68H2,1-2H3,(H,71,72)/b8-6-,14-12-,17-15-,21-20-,24-23-,45-18-,52-50-,58-56-. The van der Waals surface area contributed by atoms with Crippen LogP contribution in [0.2, 0.25) is 0 Å². The first kappa shape index (κ1) is 73.9. The molecule has 0 bridgehead atoms. The molecule has 0 fully saturated rings. The van der Waals surface area contributed by atoms with E-state index in [9.17, 15) is 19.0 Å². The number of rotatable bonds is 59. The van der Waals surface area contributed by atoms with Gasteiger partial charge in [-0.1, -0.05) is 291 Å². The molecule has 0 spiro atoms. The van der Waals surface area contributed by atoms with Gasteiger partial charge in [0.1, 0.15) is 6.61 Å². The van der Waals surface area contributed by atoms with Crippen LogP contribution in [-0.2, 0) is 32.7 Å². The molecule has 0 aliphatic rings. The second kappa shape index (κ2) is 62.1. The summed E-state index contributed by atoms with van der Waals surface area (Å²) < 4.78 is 32.8. The highest BCUT2D eigenvalue weighted by Gasteiger charge is 2.25. The normalized spacial score (nSPS) is 13.7. The number of phosphoric ester groups is 1. The number of ether oxygens (including phenoxy) is 2. The van der Waals surface area contributed by atoms with E-state index in [0.717, 1.165) is 57.8 Å². The number of hydrogen-bond acceptors (Lipinski definition) is 8. The first-order valence-electron chi connectivity index (χ1n) is 31.7. The Kier molecular flexibility index (Phi) is 59.7. The van der Waals surface area contributed by atoms with Crippen molar-refractivity contribution in [1.29, 1.82) is 0 Å². The van der Waals surface area contributed by atoms with E-state index in [2.05, 4.69) is 92.8 Å². The fraction of sp³-hybridized carbons (Fsp3) is 0.731. The minimum Gasteiger partial charge on any atom is -0.462 e. The number of unbranched alkanes of at least 4 members (excludes halogenated alkanes) is 31. The zero-order valence-corrected chi connectivity index (χ0v) is 50.6. The van der Waals surface area contributed by atoms with Gasteiger partial charge in [-0.3, -0.25) is 18.6 Å². The Hall–Kier alpha value is -3.07. The number of phosphoric acid groups is 1. The average molecular weight is 1100 g/mol. The molecule has 77 heavy (non-hydrogen) atoms. The Bertz CT molecular complexity index is 1580. The van der Waals surface area contributed by atoms with Crippen LogP contribution in [0.5, 0.6) is 0 Å². The van der Waals surface area contributed by atoms with E-state index in [1.54, 1.807) is 6.08 Å². The van der Waals surface area contributed by atoms with Gasteiger partial charge in [0.25, 0.3) is 0 Å². The largest absolute Gasteiger partial charge is 0.472 e. The van der Waals surface area contributed by atoms with Crippen LogP contribution in [-0.4, -0.2) is 49.3 Å². The summed E-state index contributed by atoms with van der Waals surface area (Å²) in [6, 6.07) is 0. The molecule has 0 aliphatic heterocycles. The van der Waals surface area contributed by atoms with Crippen LogP contribution < -0.4 is 5.73 Å². The Morgan fingerprint density at radius 3 is 1.13 bits per heavy atom. The molecule has 0 aliphatic carbocycles. The minimum atomic E-state index is -4.41. The SMILES string of the molecule is CC/C=C\C/C=C\C/C=C\C/C=C\C/C=C\CC(=O)OC(COC(=O)CCCCCCCCCCCCCCCCCCCCCCCCCCCC/C=C\C/C=C\C/C=C\CCCCCCC)COP(=O)(O)OCCN. The molecule has 2 atom stereocenters. The van der Waals surface area contributed by atoms with Crippen molar-refractivity contribution < 1.29 is 37.6 Å². The molecule has 2 unspecified atom stereocenters. The summed E-state index contributed by atoms with van der Waals surface area (Å²) in [5.74, 6) is -0.971. The van der Waals surface area contributed by atoms with Crippen molar-refractivity contribution >= 4 is 19.8 Å². The van der Waals surface area contributed by atoms with Crippen LogP contribution in [0.3, 0.4) is 0 Å². The van der Waals surface area contributed by atoms with Gasteiger partial charge in [0.15, 0.2) is 6.10 Å². The fourth-order valence-corrected chi connectivity index (χ4v) is 9.60. The van der Waals surface area contributed by atoms with Crippen molar-refractivity contribution in [3.05, 3.63) is 97.2 Å². The van der Waals surface area contributed by atoms with Crippen molar-refractivity contribution in [1.82, 2.24) is 0 Å². The predicted octanol–water partition coefficient (Wildman–Crippen LogP) is 20.4. The topological polar surface area (TPSA) is 134 Å². The van der Waals surface area contributed by atoms with E-state index in [1.165, 1.54) is 193 Å². The Labute approximate surface area is 474 Å². The van der Waals surface area contributed by atoms with Crippen LogP contribution >= 0.6 is 7.82 Å². The summed E-state index contributed by atoms with van der Waals surface area (Å²) in [6.45, 7) is 3.51. The molecule has 444 valence electrons. The minimum absolute atomic E-state index is 0.00371. The number of carbonyl (C=O) groups is 2. The van der Waals surface area contributed by atoms with Crippen molar-refractivity contribution in [3.63, 3.8) is 0 Å². The molecular weight excluding hydrogens is 978 g/mol. The lowest BCUT2D eigenvalue weighted by molar-refractivity contribution is -0.160. The molecule has 3 N–H and O–H groups in total. The van der Waals surface area contributed by atoms with E-state index in [-0.39, 0.29) is 32.6 Å². The summed E-state index contributed by atoms with van der Waals surface area (Å²) in [7, 11) is -4.41. The second-order valence-electron chi connectivity index (χ2n) is 20.9. The molecular formula is C67H118NO8P. The lowest BCUT2D eigenvalue weighted by atomic mass is 10.0. The number of esters is 2. The summed E-state index contributed by atoms with van der Waals surface area (Å²) in [6.07, 6.45) is 84.1. The molecule has 0 aromatic carbocycles. The maximum absolute atomic E-state index is 12.6. The van der Waals surface area contributed by atoms with Crippen LogP contribution in [0.15, 0.2) is 97.2 Å². The number of hydrogen-bond donors (Lipinski definition) is 2. The van der Waals surface area contributed by atoms with Crippen molar-refractivity contribution in [3.8, 4) is 0 Å². The van der Waals surface area contributed by atoms with Gasteiger partial charge in [-0.15, -0.1) is 0 Å². The quantitative estimate of drug-likeness (QED) is 0.0264. The van der Waals surface area contributed by atoms with Crippen molar-refractivity contribution in [2.24, 2.45) is 5.73 Å². The van der Waals surface area contributed by atoms with Crippen LogP contribution in [0.4, 0.5) is 0 Å². The molecule has 0 radical (unpaired) electrons. The summed E-state index contributed by atoms with van der Waals surface area (Å²) in [5.41, 5.74) is 5.37. The molecule has 0 heterocycles. The monoisotopic (exact) mass is 1100 g/mol. The zero-order valence-electron chi connectivity index (χ0n) is 49.7. The number of nitrogens with two attached hydrogens (primary N) is 1. The van der Waals surface area contributed by atoms with Gasteiger partial charge in [-0.2, -0.15) is 0 Å². The van der Waals surface area contributed by atoms with E-state index in [1.807, 2.05) is 12.2 Å². The van der Waals surface area contributed by atoms with E-state index >= 15 is 0 Å². The van der Waals surface area contributed by atoms with Gasteiger partial charge >= 0.3 is 19.8 Å². The first-order chi connectivity index (χ1) is 37.8. The average Bonchev–Trinajstić information content (AvgIpc) is 3.42. The fourth-order valence-electron chi connectivity index (χ4n) is 8.84. The molecule has 9 nitrogen and oxygen atoms in total. The van der Waals surface area contributed by atoms with Gasteiger partial charge in [0.2, 0.25) is 0 Å². The zero-order chi connectivity index (χ0) is 55.9. The third-order valence-electron chi connectivity index (χ3n) is 13.5. The molecule has 0 saturated heterocycles. The van der Waals surface area contributed by atoms with Crippen LogP contribution in [0.1, 0.15) is 284 Å². The van der Waals surface area contributed by atoms with Crippen molar-refractivity contribution in [2.45, 2.75) is 290 Å². The number of allylic oxidation sites excluding steroid dienone is 15. The predicted molar refractivity (Wildman–Crippen MR) is 330 cm³/mol. The first-order valence-corrected chi connectivity index (χ1v) is 33.2. The van der Waals surface area contributed by atoms with Gasteiger partial charge in [-0.25, -0.2) is 4.57 Å². The van der Waals surface area contributed by atoms with Gasteiger partial charge in [-0.05, 0) is 77.0 Å². The van der Waals surface area contributed by atoms with Crippen LogP contribution in [0.25, 0.3) is 0 Å². The Balaban J connectivity index is 3.78. The van der Waals surface area contributed by atoms with Gasteiger partial charge in [0.05, 0.1) is 19.6 Å².